The van der Waals surface area contributed by atoms with Crippen LogP contribution in [0.25, 0.3) is 0 Å². The quantitative estimate of drug-likeness (QED) is 0.335. The molecule has 2 aromatic rings. The molecule has 0 bridgehead atoms. The highest BCUT2D eigenvalue weighted by Crippen LogP contribution is 2.48. The van der Waals surface area contributed by atoms with E-state index in [2.05, 4.69) is 107 Å². The Kier molecular flexibility index (Phi) is 9.47. The van der Waals surface area contributed by atoms with Gasteiger partial charge < -0.3 is 0 Å². The molecule has 0 fully saturated rings. The third-order valence-corrected chi connectivity index (χ3v) is 9.43. The first-order valence-corrected chi connectivity index (χ1v) is 14.8. The molecule has 0 spiro atoms. The number of halogens is 1. The minimum Gasteiger partial charge on any atom is -0.0858 e. The maximum absolute atomic E-state index is 7.66. The fourth-order valence-corrected chi connectivity index (χ4v) is 7.99. The third kappa shape index (κ3) is 5.80. The molecule has 0 amide bonds. The van der Waals surface area contributed by atoms with Crippen molar-refractivity contribution in [2.45, 2.75) is 119 Å². The number of hydrogen-bond acceptors (Lipinski definition) is 0. The molecule has 0 aliphatic heterocycles. The van der Waals surface area contributed by atoms with Crippen LogP contribution in [0.2, 0.25) is 0 Å². The first-order chi connectivity index (χ1) is 14.8. The fourth-order valence-electron chi connectivity index (χ4n) is 4.40. The van der Waals surface area contributed by atoms with Gasteiger partial charge in [0, 0.05) is 10.6 Å². The Morgan fingerprint density at radius 1 is 0.438 bits per heavy atom. The van der Waals surface area contributed by atoms with Gasteiger partial charge >= 0.3 is 0 Å². The van der Waals surface area contributed by atoms with Crippen molar-refractivity contribution in [2.24, 2.45) is 0 Å². The number of rotatable bonds is 8. The van der Waals surface area contributed by atoms with Gasteiger partial charge in [-0.15, -0.1) is 0 Å². The Balaban J connectivity index is 2.94. The van der Waals surface area contributed by atoms with Gasteiger partial charge in [0.2, 0.25) is 0 Å². The van der Waals surface area contributed by atoms with Crippen LogP contribution in [0.4, 0.5) is 0 Å². The maximum Gasteiger partial charge on any atom is 0.0535 e. The number of benzene rings is 2. The summed E-state index contributed by atoms with van der Waals surface area (Å²) < 4.78 is 0. The van der Waals surface area contributed by atoms with Crippen LogP contribution in [0.15, 0.2) is 24.3 Å². The molecule has 0 heterocycles. The predicted octanol–water partition coefficient (Wildman–Crippen LogP) is 10.0. The van der Waals surface area contributed by atoms with Crippen LogP contribution in [-0.4, -0.2) is 0 Å². The van der Waals surface area contributed by atoms with Gasteiger partial charge in [0.05, 0.1) is 7.27 Å². The Bertz CT molecular complexity index is 785. The summed E-state index contributed by atoms with van der Waals surface area (Å²) in [6.45, 7) is 27.8. The first-order valence-electron chi connectivity index (χ1n) is 12.6. The average molecular weight is 473 g/mol. The lowest BCUT2D eigenvalue weighted by atomic mass is 9.89. The van der Waals surface area contributed by atoms with E-state index in [1.54, 1.807) is 0 Å². The van der Waals surface area contributed by atoms with E-state index in [0.717, 1.165) is 0 Å². The van der Waals surface area contributed by atoms with Crippen molar-refractivity contribution in [3.63, 3.8) is 0 Å². The maximum atomic E-state index is 7.66. The lowest BCUT2D eigenvalue weighted by Crippen LogP contribution is -2.26. The Hall–Kier alpha value is -0.840. The summed E-state index contributed by atoms with van der Waals surface area (Å²) in [4.78, 5) is 0. The van der Waals surface area contributed by atoms with Gasteiger partial charge in [0.25, 0.3) is 0 Å². The largest absolute Gasteiger partial charge is 0.0858 e. The van der Waals surface area contributed by atoms with E-state index in [-0.39, 0.29) is 0 Å². The zero-order chi connectivity index (χ0) is 24.5. The second-order valence-electron chi connectivity index (χ2n) is 11.3. The molecule has 0 saturated heterocycles. The smallest absolute Gasteiger partial charge is 0.0535 e. The van der Waals surface area contributed by atoms with E-state index in [0.29, 0.717) is 35.5 Å². The number of hydrogen-bond donors (Lipinski definition) is 0. The van der Waals surface area contributed by atoms with Gasteiger partial charge in [0.1, 0.15) is 0 Å². The molecule has 0 radical (unpaired) electrons. The standard InChI is InChI=1S/C30H46ClP/c1-17(2)23-13-25(19(5)6)29(26(14-23)20(7)8)32(31)30-27(21(9)10)15-24(18(3)4)16-28(30)22(11)12/h13-22H,1-12H3. The van der Waals surface area contributed by atoms with Crippen LogP contribution in [0.1, 0.15) is 152 Å². The van der Waals surface area contributed by atoms with E-state index >= 15 is 0 Å². The van der Waals surface area contributed by atoms with Gasteiger partial charge in [-0.1, -0.05) is 119 Å². The second-order valence-corrected chi connectivity index (χ2v) is 13.8. The van der Waals surface area contributed by atoms with Crippen molar-refractivity contribution in [1.29, 1.82) is 0 Å². The lowest BCUT2D eigenvalue weighted by Gasteiger charge is -2.30. The van der Waals surface area contributed by atoms with Crippen molar-refractivity contribution in [1.82, 2.24) is 0 Å². The SMILES string of the molecule is CC(C)c1cc(C(C)C)c(P(Cl)c2c(C(C)C)cc(C(C)C)cc2C(C)C)c(C(C)C)c1. The highest BCUT2D eigenvalue weighted by Gasteiger charge is 2.29. The molecule has 0 aliphatic carbocycles. The molecule has 0 aliphatic rings. The molecular formula is C30H46ClP. The van der Waals surface area contributed by atoms with E-state index in [1.807, 2.05) is 0 Å². The van der Waals surface area contributed by atoms with Crippen LogP contribution < -0.4 is 10.6 Å². The molecule has 2 rings (SSSR count). The predicted molar refractivity (Wildman–Crippen MR) is 149 cm³/mol. The Morgan fingerprint density at radius 2 is 0.656 bits per heavy atom. The van der Waals surface area contributed by atoms with Crippen molar-refractivity contribution in [3.8, 4) is 0 Å². The van der Waals surface area contributed by atoms with Gasteiger partial charge in [0.15, 0.2) is 0 Å². The molecule has 0 unspecified atom stereocenters. The van der Waals surface area contributed by atoms with Crippen LogP contribution in [0.5, 0.6) is 0 Å². The minimum absolute atomic E-state index is 0.449. The van der Waals surface area contributed by atoms with Crippen LogP contribution in [0.3, 0.4) is 0 Å². The van der Waals surface area contributed by atoms with Crippen LogP contribution in [-0.2, 0) is 0 Å². The zero-order valence-electron chi connectivity index (χ0n) is 22.6. The van der Waals surface area contributed by atoms with Crippen LogP contribution in [0, 0.1) is 0 Å². The van der Waals surface area contributed by atoms with Crippen LogP contribution >= 0.6 is 18.5 Å². The third-order valence-electron chi connectivity index (χ3n) is 6.60. The Morgan fingerprint density at radius 3 is 0.812 bits per heavy atom. The Labute approximate surface area is 205 Å². The molecule has 0 nitrogen and oxygen atoms in total. The molecular weight excluding hydrogens is 427 g/mol. The highest BCUT2D eigenvalue weighted by atomic mass is 35.7. The topological polar surface area (TPSA) is 0 Å². The van der Waals surface area contributed by atoms with Crippen molar-refractivity contribution in [3.05, 3.63) is 57.6 Å². The molecule has 2 aromatic carbocycles. The van der Waals surface area contributed by atoms with Gasteiger partial charge in [-0.25, -0.2) is 0 Å². The molecule has 178 valence electrons. The van der Waals surface area contributed by atoms with E-state index < -0.39 is 7.27 Å². The average Bonchev–Trinajstić information content (AvgIpc) is 2.70. The van der Waals surface area contributed by atoms with Crippen molar-refractivity contribution < 1.29 is 0 Å². The van der Waals surface area contributed by atoms with E-state index in [9.17, 15) is 0 Å². The summed E-state index contributed by atoms with van der Waals surface area (Å²) >= 11 is 7.66. The summed E-state index contributed by atoms with van der Waals surface area (Å²) in [5.41, 5.74) is 8.64. The van der Waals surface area contributed by atoms with E-state index in [4.69, 9.17) is 11.2 Å². The summed E-state index contributed by atoms with van der Waals surface area (Å²) in [7, 11) is -0.975. The highest BCUT2D eigenvalue weighted by molar-refractivity contribution is 7.96. The summed E-state index contributed by atoms with van der Waals surface area (Å²) in [6.07, 6.45) is 0. The molecule has 2 heteroatoms. The van der Waals surface area contributed by atoms with Gasteiger partial charge in [-0.2, -0.15) is 0 Å². The molecule has 0 N–H and O–H groups in total. The van der Waals surface area contributed by atoms with Gasteiger partial charge in [-0.3, -0.25) is 0 Å². The summed E-state index contributed by atoms with van der Waals surface area (Å²) in [6, 6.07) is 9.78. The molecule has 0 atom stereocenters. The molecule has 0 aromatic heterocycles. The first kappa shape index (κ1) is 27.4. The fraction of sp³-hybridized carbons (Fsp3) is 0.600. The van der Waals surface area contributed by atoms with E-state index in [1.165, 1.54) is 44.0 Å². The summed E-state index contributed by atoms with van der Waals surface area (Å²) in [5, 5.41) is 2.83. The minimum atomic E-state index is -0.975. The van der Waals surface area contributed by atoms with Crippen molar-refractivity contribution in [2.75, 3.05) is 0 Å². The summed E-state index contributed by atoms with van der Waals surface area (Å²) in [5.74, 6) is 2.83. The van der Waals surface area contributed by atoms with Gasteiger partial charge in [-0.05, 0) is 68.9 Å². The molecule has 0 saturated carbocycles. The zero-order valence-corrected chi connectivity index (χ0v) is 24.2. The lowest BCUT2D eigenvalue weighted by molar-refractivity contribution is 0.811. The normalized spacial score (nSPS) is 12.6. The monoisotopic (exact) mass is 472 g/mol. The van der Waals surface area contributed by atoms with Crippen molar-refractivity contribution >= 4 is 29.1 Å². The molecule has 32 heavy (non-hydrogen) atoms. The second kappa shape index (κ2) is 11.1.